The summed E-state index contributed by atoms with van der Waals surface area (Å²) in [6.45, 7) is 0. The molecule has 0 spiro atoms. The van der Waals surface area contributed by atoms with Gasteiger partial charge in [-0.2, -0.15) is 13.2 Å². The first kappa shape index (κ1) is 17.7. The van der Waals surface area contributed by atoms with Crippen LogP contribution in [-0.2, 0) is 11.0 Å². The SMILES string of the molecule is CON=Cc1cc(-n2c(=O)cc(C(F)(F)F)[nH]c2=O)c(F)cc1Cl. The molecule has 0 aliphatic rings. The average molecular weight is 366 g/mol. The maximum atomic E-state index is 14.0. The predicted octanol–water partition coefficient (Wildman–Crippen LogP) is 2.32. The molecule has 0 unspecified atom stereocenters. The molecule has 0 radical (unpaired) electrons. The van der Waals surface area contributed by atoms with E-state index in [2.05, 4.69) is 9.99 Å². The van der Waals surface area contributed by atoms with Crippen molar-refractivity contribution in [3.8, 4) is 5.69 Å². The number of benzene rings is 1. The van der Waals surface area contributed by atoms with Crippen LogP contribution in [0.1, 0.15) is 11.3 Å². The van der Waals surface area contributed by atoms with Gasteiger partial charge < -0.3 is 9.82 Å². The van der Waals surface area contributed by atoms with Crippen molar-refractivity contribution < 1.29 is 22.4 Å². The molecule has 128 valence electrons. The number of aromatic amines is 1. The van der Waals surface area contributed by atoms with Gasteiger partial charge in [-0.25, -0.2) is 13.8 Å². The largest absolute Gasteiger partial charge is 0.431 e. The molecule has 11 heteroatoms. The molecular weight excluding hydrogens is 358 g/mol. The Bertz CT molecular complexity index is 887. The third-order valence-electron chi connectivity index (χ3n) is 2.84. The fourth-order valence-electron chi connectivity index (χ4n) is 1.81. The summed E-state index contributed by atoms with van der Waals surface area (Å²) in [6.07, 6.45) is -3.85. The Hall–Kier alpha value is -2.62. The fraction of sp³-hybridized carbons (Fsp3) is 0.154. The first-order chi connectivity index (χ1) is 11.1. The molecule has 0 saturated heterocycles. The Morgan fingerprint density at radius 2 is 1.96 bits per heavy atom. The van der Waals surface area contributed by atoms with Gasteiger partial charge >= 0.3 is 11.9 Å². The molecule has 0 fully saturated rings. The van der Waals surface area contributed by atoms with Crippen LogP contribution in [0.2, 0.25) is 5.02 Å². The second kappa shape index (κ2) is 6.48. The molecular formula is C13H8ClF4N3O3. The summed E-state index contributed by atoms with van der Waals surface area (Å²) >= 11 is 5.78. The number of oxime groups is 1. The zero-order valence-corrected chi connectivity index (χ0v) is 12.6. The summed E-state index contributed by atoms with van der Waals surface area (Å²) in [5, 5.41) is 3.30. The van der Waals surface area contributed by atoms with E-state index >= 15 is 0 Å². The summed E-state index contributed by atoms with van der Waals surface area (Å²) in [6, 6.07) is 1.92. The van der Waals surface area contributed by atoms with Crippen LogP contribution in [0.25, 0.3) is 5.69 Å². The lowest BCUT2D eigenvalue weighted by atomic mass is 10.2. The molecule has 0 amide bonds. The molecule has 1 N–H and O–H groups in total. The zero-order valence-electron chi connectivity index (χ0n) is 11.8. The predicted molar refractivity (Wildman–Crippen MR) is 77.2 cm³/mol. The molecule has 2 rings (SSSR count). The highest BCUT2D eigenvalue weighted by Crippen LogP contribution is 2.26. The first-order valence-electron chi connectivity index (χ1n) is 6.14. The van der Waals surface area contributed by atoms with Crippen LogP contribution in [0, 0.1) is 5.82 Å². The molecule has 0 bridgehead atoms. The van der Waals surface area contributed by atoms with Crippen LogP contribution in [0.3, 0.4) is 0 Å². The van der Waals surface area contributed by atoms with Crippen LogP contribution in [0.15, 0.2) is 32.9 Å². The quantitative estimate of drug-likeness (QED) is 0.515. The van der Waals surface area contributed by atoms with Crippen molar-refractivity contribution in [2.75, 3.05) is 7.11 Å². The number of aromatic nitrogens is 2. The molecule has 0 aliphatic carbocycles. The van der Waals surface area contributed by atoms with Gasteiger partial charge in [-0.15, -0.1) is 0 Å². The number of H-pyrrole nitrogens is 1. The van der Waals surface area contributed by atoms with Gasteiger partial charge in [-0.3, -0.25) is 4.79 Å². The van der Waals surface area contributed by atoms with Gasteiger partial charge in [0.1, 0.15) is 18.6 Å². The smallest absolute Gasteiger partial charge is 0.399 e. The topological polar surface area (TPSA) is 76.5 Å². The highest BCUT2D eigenvalue weighted by Gasteiger charge is 2.33. The third kappa shape index (κ3) is 3.48. The van der Waals surface area contributed by atoms with Crippen molar-refractivity contribution in [3.63, 3.8) is 0 Å². The Morgan fingerprint density at radius 1 is 1.29 bits per heavy atom. The summed E-state index contributed by atoms with van der Waals surface area (Å²) in [7, 11) is 1.24. The van der Waals surface area contributed by atoms with E-state index in [9.17, 15) is 27.2 Å². The standard InChI is InChI=1S/C13H8ClF4N3O3/c1-24-19-5-6-2-9(8(15)3-7(6)14)21-11(22)4-10(13(16,17)18)20-12(21)23/h2-5H,1H3,(H,20,23). The van der Waals surface area contributed by atoms with Crippen LogP contribution in [0.4, 0.5) is 17.6 Å². The van der Waals surface area contributed by atoms with Gasteiger partial charge in [-0.05, 0) is 12.1 Å². The van der Waals surface area contributed by atoms with E-state index in [0.29, 0.717) is 0 Å². The van der Waals surface area contributed by atoms with Crippen molar-refractivity contribution in [1.82, 2.24) is 9.55 Å². The van der Waals surface area contributed by atoms with Crippen molar-refractivity contribution >= 4 is 17.8 Å². The highest BCUT2D eigenvalue weighted by molar-refractivity contribution is 6.33. The molecule has 0 atom stereocenters. The summed E-state index contributed by atoms with van der Waals surface area (Å²) in [5.41, 5.74) is -4.85. The zero-order chi connectivity index (χ0) is 18.1. The number of rotatable bonds is 3. The lowest BCUT2D eigenvalue weighted by Crippen LogP contribution is -2.36. The van der Waals surface area contributed by atoms with Crippen LogP contribution in [-0.4, -0.2) is 22.9 Å². The minimum atomic E-state index is -4.92. The van der Waals surface area contributed by atoms with Gasteiger partial charge in [-0.1, -0.05) is 16.8 Å². The molecule has 2 aromatic rings. The van der Waals surface area contributed by atoms with Crippen LogP contribution < -0.4 is 11.2 Å². The molecule has 1 aromatic heterocycles. The summed E-state index contributed by atoms with van der Waals surface area (Å²) < 4.78 is 52.0. The van der Waals surface area contributed by atoms with Crippen LogP contribution >= 0.6 is 11.6 Å². The van der Waals surface area contributed by atoms with E-state index in [-0.39, 0.29) is 21.2 Å². The number of alkyl halides is 3. The van der Waals surface area contributed by atoms with Gasteiger partial charge in [0, 0.05) is 11.6 Å². The lowest BCUT2D eigenvalue weighted by molar-refractivity contribution is -0.141. The lowest BCUT2D eigenvalue weighted by Gasteiger charge is -2.10. The monoisotopic (exact) mass is 365 g/mol. The number of nitrogens with one attached hydrogen (secondary N) is 1. The maximum absolute atomic E-state index is 14.0. The van der Waals surface area contributed by atoms with Crippen molar-refractivity contribution in [1.29, 1.82) is 0 Å². The van der Waals surface area contributed by atoms with Gasteiger partial charge in [0.15, 0.2) is 0 Å². The Morgan fingerprint density at radius 3 is 2.50 bits per heavy atom. The fourth-order valence-corrected chi connectivity index (χ4v) is 2.01. The molecule has 1 aromatic carbocycles. The van der Waals surface area contributed by atoms with E-state index in [4.69, 9.17) is 11.6 Å². The van der Waals surface area contributed by atoms with Crippen molar-refractivity contribution in [2.45, 2.75) is 6.18 Å². The van der Waals surface area contributed by atoms with Crippen molar-refractivity contribution in [3.05, 3.63) is 61.1 Å². The Labute approximate surface area is 135 Å². The minimum Gasteiger partial charge on any atom is -0.399 e. The van der Waals surface area contributed by atoms with E-state index in [1.165, 1.54) is 12.1 Å². The minimum absolute atomic E-state index is 0.0844. The van der Waals surface area contributed by atoms with Gasteiger partial charge in [0.2, 0.25) is 0 Å². The van der Waals surface area contributed by atoms with Crippen LogP contribution in [0.5, 0.6) is 0 Å². The molecule has 0 saturated carbocycles. The van der Waals surface area contributed by atoms with E-state index in [1.54, 1.807) is 0 Å². The van der Waals surface area contributed by atoms with E-state index < -0.39 is 34.6 Å². The first-order valence-corrected chi connectivity index (χ1v) is 6.52. The van der Waals surface area contributed by atoms with Gasteiger partial charge in [0.05, 0.1) is 16.9 Å². The molecule has 6 nitrogen and oxygen atoms in total. The highest BCUT2D eigenvalue weighted by atomic mass is 35.5. The molecule has 1 heterocycles. The van der Waals surface area contributed by atoms with Gasteiger partial charge in [0.25, 0.3) is 5.56 Å². The number of nitrogens with zero attached hydrogens (tertiary/aromatic N) is 2. The molecule has 24 heavy (non-hydrogen) atoms. The normalized spacial score (nSPS) is 11.9. The maximum Gasteiger partial charge on any atom is 0.431 e. The number of halogens is 5. The average Bonchev–Trinajstić information content (AvgIpc) is 2.46. The number of hydrogen-bond acceptors (Lipinski definition) is 4. The van der Waals surface area contributed by atoms with E-state index in [1.807, 2.05) is 0 Å². The van der Waals surface area contributed by atoms with Crippen molar-refractivity contribution in [2.24, 2.45) is 5.16 Å². The Kier molecular flexibility index (Phi) is 4.78. The second-order valence-corrected chi connectivity index (χ2v) is 4.81. The Balaban J connectivity index is 2.71. The molecule has 0 aliphatic heterocycles. The third-order valence-corrected chi connectivity index (χ3v) is 3.17. The van der Waals surface area contributed by atoms with E-state index in [0.717, 1.165) is 18.3 Å². The summed E-state index contributed by atoms with van der Waals surface area (Å²) in [4.78, 5) is 29.6. The number of hydrogen-bond donors (Lipinski definition) is 1. The second-order valence-electron chi connectivity index (χ2n) is 4.40. The summed E-state index contributed by atoms with van der Waals surface area (Å²) in [5.74, 6) is -1.08.